The molecule has 0 bridgehead atoms. The third-order valence-electron chi connectivity index (χ3n) is 1.60. The molecule has 1 nitrogen and oxygen atoms in total. The van der Waals surface area contributed by atoms with Gasteiger partial charge in [0.25, 0.3) is 0 Å². The van der Waals surface area contributed by atoms with Gasteiger partial charge in [0, 0.05) is 4.70 Å². The average molecular weight is 264 g/mol. The number of fused-ring (bicyclic) bond motifs is 1. The summed E-state index contributed by atoms with van der Waals surface area (Å²) in [7, 11) is 0. The molecule has 2 rings (SSSR count). The molecule has 0 aliphatic rings. The molecule has 1 heterocycles. The monoisotopic (exact) mass is 262 g/mol. The number of rotatable bonds is 0. The Morgan fingerprint density at radius 3 is 2.83 bits per heavy atom. The highest BCUT2D eigenvalue weighted by atomic mass is 79.9. The first-order valence-electron chi connectivity index (χ1n) is 3.25. The van der Waals surface area contributed by atoms with Crippen molar-refractivity contribution in [2.24, 2.45) is 0 Å². The molecule has 0 atom stereocenters. The van der Waals surface area contributed by atoms with Crippen molar-refractivity contribution in [1.29, 1.82) is 0 Å². The van der Waals surface area contributed by atoms with Crippen molar-refractivity contribution in [2.45, 2.75) is 0 Å². The largest absolute Gasteiger partial charge is 0.505 e. The van der Waals surface area contributed by atoms with Gasteiger partial charge in [-0.1, -0.05) is 17.7 Å². The Hall–Kier alpha value is -0.250. The molecule has 4 heteroatoms. The summed E-state index contributed by atoms with van der Waals surface area (Å²) in [6.45, 7) is 0. The van der Waals surface area contributed by atoms with Gasteiger partial charge in [0.1, 0.15) is 9.54 Å². The molecule has 0 unspecified atom stereocenters. The van der Waals surface area contributed by atoms with E-state index in [0.29, 0.717) is 5.02 Å². The zero-order valence-electron chi connectivity index (χ0n) is 5.84. The minimum Gasteiger partial charge on any atom is -0.505 e. The molecule has 1 aromatic heterocycles. The molecule has 1 N–H and O–H groups in total. The maximum absolute atomic E-state index is 9.56. The summed E-state index contributed by atoms with van der Waals surface area (Å²) >= 11 is 10.6. The minimum absolute atomic E-state index is 0.237. The highest BCUT2D eigenvalue weighted by Crippen LogP contribution is 2.43. The van der Waals surface area contributed by atoms with E-state index in [1.54, 1.807) is 6.07 Å². The van der Waals surface area contributed by atoms with Crippen LogP contribution in [0, 0.1) is 0 Å². The van der Waals surface area contributed by atoms with E-state index < -0.39 is 0 Å². The third-order valence-corrected chi connectivity index (χ3v) is 3.71. The van der Waals surface area contributed by atoms with Gasteiger partial charge < -0.3 is 5.11 Å². The number of halogens is 2. The van der Waals surface area contributed by atoms with Crippen LogP contribution >= 0.6 is 38.9 Å². The molecule has 0 fully saturated rings. The van der Waals surface area contributed by atoms with Gasteiger partial charge in [0.2, 0.25) is 0 Å². The standard InChI is InChI=1S/C8H4BrClOS/c9-8-7(11)6-4(10)2-1-3-5(6)12-8/h1-3,11H. The Balaban J connectivity index is 2.97. The predicted molar refractivity (Wildman–Crippen MR) is 56.2 cm³/mol. The van der Waals surface area contributed by atoms with Gasteiger partial charge in [-0.15, -0.1) is 11.3 Å². The smallest absolute Gasteiger partial charge is 0.149 e. The summed E-state index contributed by atoms with van der Waals surface area (Å²) in [6, 6.07) is 5.56. The van der Waals surface area contributed by atoms with Crippen LogP contribution in [0.5, 0.6) is 5.75 Å². The third kappa shape index (κ3) is 1.13. The molecule has 62 valence electrons. The molecule has 12 heavy (non-hydrogen) atoms. The van der Waals surface area contributed by atoms with Crippen LogP contribution in [0.2, 0.25) is 5.02 Å². The van der Waals surface area contributed by atoms with E-state index in [4.69, 9.17) is 11.6 Å². The van der Waals surface area contributed by atoms with E-state index in [2.05, 4.69) is 15.9 Å². The molecule has 0 spiro atoms. The lowest BCUT2D eigenvalue weighted by Gasteiger charge is -1.92. The molecule has 0 amide bonds. The summed E-state index contributed by atoms with van der Waals surface area (Å²) in [6.07, 6.45) is 0. The number of hydrogen-bond acceptors (Lipinski definition) is 2. The van der Waals surface area contributed by atoms with Gasteiger partial charge in [-0.2, -0.15) is 0 Å². The van der Waals surface area contributed by atoms with Crippen LogP contribution in [0.4, 0.5) is 0 Å². The van der Waals surface area contributed by atoms with Crippen molar-refractivity contribution in [1.82, 2.24) is 0 Å². The minimum atomic E-state index is 0.237. The fraction of sp³-hybridized carbons (Fsp3) is 0. The normalized spacial score (nSPS) is 10.8. The highest BCUT2D eigenvalue weighted by molar-refractivity contribution is 9.11. The summed E-state index contributed by atoms with van der Waals surface area (Å²) in [5, 5.41) is 10.9. The molecule has 2 aromatic rings. The fourth-order valence-electron chi connectivity index (χ4n) is 1.06. The maximum atomic E-state index is 9.56. The van der Waals surface area contributed by atoms with E-state index in [1.807, 2.05) is 12.1 Å². The van der Waals surface area contributed by atoms with Crippen LogP contribution in [0.1, 0.15) is 0 Å². The van der Waals surface area contributed by atoms with Crippen LogP contribution in [0.3, 0.4) is 0 Å². The molecule has 0 aliphatic heterocycles. The van der Waals surface area contributed by atoms with E-state index in [1.165, 1.54) is 11.3 Å². The van der Waals surface area contributed by atoms with Crippen LogP contribution in [-0.4, -0.2) is 5.11 Å². The molecule has 0 saturated carbocycles. The van der Waals surface area contributed by atoms with Crippen molar-refractivity contribution in [3.05, 3.63) is 27.0 Å². The Kier molecular flexibility index (Phi) is 2.02. The Morgan fingerprint density at radius 2 is 2.17 bits per heavy atom. The van der Waals surface area contributed by atoms with Crippen LogP contribution in [0.15, 0.2) is 22.0 Å². The zero-order valence-corrected chi connectivity index (χ0v) is 9.00. The van der Waals surface area contributed by atoms with Gasteiger partial charge >= 0.3 is 0 Å². The number of hydrogen-bond donors (Lipinski definition) is 1. The molecule has 0 radical (unpaired) electrons. The van der Waals surface area contributed by atoms with E-state index >= 15 is 0 Å². The highest BCUT2D eigenvalue weighted by Gasteiger charge is 2.10. The Labute approximate surface area is 86.7 Å². The van der Waals surface area contributed by atoms with Gasteiger partial charge in [0.15, 0.2) is 0 Å². The lowest BCUT2D eigenvalue weighted by molar-refractivity contribution is 0.481. The van der Waals surface area contributed by atoms with Gasteiger partial charge in [-0.3, -0.25) is 0 Å². The SMILES string of the molecule is Oc1c(Br)sc2cccc(Cl)c12. The molecule has 0 saturated heterocycles. The van der Waals surface area contributed by atoms with Crippen molar-refractivity contribution < 1.29 is 5.11 Å². The van der Waals surface area contributed by atoms with Crippen LogP contribution in [-0.2, 0) is 0 Å². The first kappa shape index (κ1) is 8.35. The zero-order chi connectivity index (χ0) is 8.72. The Morgan fingerprint density at radius 1 is 1.42 bits per heavy atom. The summed E-state index contributed by atoms with van der Waals surface area (Å²) in [4.78, 5) is 0. The topological polar surface area (TPSA) is 20.2 Å². The molecule has 1 aromatic carbocycles. The van der Waals surface area contributed by atoms with Gasteiger partial charge in [-0.25, -0.2) is 0 Å². The van der Waals surface area contributed by atoms with Crippen LogP contribution < -0.4 is 0 Å². The van der Waals surface area contributed by atoms with Crippen LogP contribution in [0.25, 0.3) is 10.1 Å². The quantitative estimate of drug-likeness (QED) is 0.761. The Bertz CT molecular complexity index is 438. The van der Waals surface area contributed by atoms with Crippen molar-refractivity contribution in [3.63, 3.8) is 0 Å². The summed E-state index contributed by atoms with van der Waals surface area (Å²) in [5.41, 5.74) is 0. The first-order chi connectivity index (χ1) is 5.70. The molecule has 0 aliphatic carbocycles. The second-order valence-corrected chi connectivity index (χ2v) is 5.11. The average Bonchev–Trinajstić information content (AvgIpc) is 2.29. The second-order valence-electron chi connectivity index (χ2n) is 2.34. The van der Waals surface area contributed by atoms with Crippen molar-refractivity contribution in [3.8, 4) is 5.75 Å². The summed E-state index contributed by atoms with van der Waals surface area (Å²) < 4.78 is 1.72. The molecular formula is C8H4BrClOS. The number of thiophene rings is 1. The van der Waals surface area contributed by atoms with Gasteiger partial charge in [-0.05, 0) is 28.1 Å². The van der Waals surface area contributed by atoms with E-state index in [9.17, 15) is 5.11 Å². The fourth-order valence-corrected chi connectivity index (χ4v) is 2.95. The number of benzene rings is 1. The van der Waals surface area contributed by atoms with E-state index in [0.717, 1.165) is 13.9 Å². The van der Waals surface area contributed by atoms with Crippen molar-refractivity contribution >= 4 is 49.0 Å². The van der Waals surface area contributed by atoms with Gasteiger partial charge in [0.05, 0.1) is 10.4 Å². The number of aromatic hydroxyl groups is 1. The molecular weight excluding hydrogens is 260 g/mol. The summed E-state index contributed by atoms with van der Waals surface area (Å²) in [5.74, 6) is 0.237. The first-order valence-corrected chi connectivity index (χ1v) is 5.24. The maximum Gasteiger partial charge on any atom is 0.149 e. The lowest BCUT2D eigenvalue weighted by atomic mass is 10.2. The predicted octanol–water partition coefficient (Wildman–Crippen LogP) is 4.02. The van der Waals surface area contributed by atoms with E-state index in [-0.39, 0.29) is 5.75 Å². The second kappa shape index (κ2) is 2.91. The van der Waals surface area contributed by atoms with Crippen molar-refractivity contribution in [2.75, 3.05) is 0 Å². The lowest BCUT2D eigenvalue weighted by Crippen LogP contribution is -1.65.